The molecule has 3 unspecified atom stereocenters. The Hall–Kier alpha value is -1.71. The van der Waals surface area contributed by atoms with E-state index >= 15 is 0 Å². The van der Waals surface area contributed by atoms with Crippen LogP contribution in [0.4, 0.5) is 0 Å². The van der Waals surface area contributed by atoms with E-state index in [4.69, 9.17) is 14.2 Å². The van der Waals surface area contributed by atoms with E-state index in [2.05, 4.69) is 5.32 Å². The molecule has 0 radical (unpaired) electrons. The average molecular weight is 361 g/mol. The maximum Gasteiger partial charge on any atom is 0.306 e. The topological polar surface area (TPSA) is 131 Å². The lowest BCUT2D eigenvalue weighted by molar-refractivity contribution is -0.264. The summed E-state index contributed by atoms with van der Waals surface area (Å²) in [5, 5.41) is 22.0. The van der Waals surface area contributed by atoms with Gasteiger partial charge in [-0.15, -0.1) is 0 Å². The molecule has 1 aliphatic heterocycles. The van der Waals surface area contributed by atoms with E-state index in [9.17, 15) is 24.6 Å². The fraction of sp³-hybridized carbons (Fsp3) is 0.812. The molecule has 9 nitrogen and oxygen atoms in total. The molecule has 0 saturated carbocycles. The van der Waals surface area contributed by atoms with Gasteiger partial charge in [0.2, 0.25) is 5.91 Å². The van der Waals surface area contributed by atoms with Crippen molar-refractivity contribution in [2.45, 2.75) is 77.1 Å². The van der Waals surface area contributed by atoms with E-state index in [1.165, 1.54) is 6.92 Å². The number of carbonyl (C=O) groups is 3. The molecular weight excluding hydrogens is 334 g/mol. The van der Waals surface area contributed by atoms with Crippen LogP contribution in [0.3, 0.4) is 0 Å². The Morgan fingerprint density at radius 2 is 1.56 bits per heavy atom. The number of hydrogen-bond donors (Lipinski definition) is 3. The van der Waals surface area contributed by atoms with Crippen molar-refractivity contribution >= 4 is 17.8 Å². The number of ether oxygens (including phenoxy) is 3. The monoisotopic (exact) mass is 361 g/mol. The number of nitrogens with one attached hydrogen (secondary N) is 1. The molecule has 1 fully saturated rings. The maximum atomic E-state index is 11.9. The minimum absolute atomic E-state index is 0.125. The number of esters is 2. The fourth-order valence-corrected chi connectivity index (χ4v) is 2.57. The number of carbonyl (C=O) groups excluding carboxylic acids is 3. The Labute approximate surface area is 146 Å². The number of rotatable bonds is 8. The van der Waals surface area contributed by atoms with Crippen LogP contribution < -0.4 is 5.32 Å². The number of aliphatic hydroxyl groups excluding tert-OH is 2. The minimum Gasteiger partial charge on any atom is -0.456 e. The molecule has 144 valence electrons. The molecule has 1 saturated heterocycles. The van der Waals surface area contributed by atoms with E-state index in [-0.39, 0.29) is 12.8 Å². The van der Waals surface area contributed by atoms with Gasteiger partial charge in [-0.2, -0.15) is 0 Å². The van der Waals surface area contributed by atoms with Crippen LogP contribution in [-0.4, -0.2) is 65.3 Å². The summed E-state index contributed by atoms with van der Waals surface area (Å²) in [5.41, 5.74) is 0. The molecule has 1 heterocycles. The summed E-state index contributed by atoms with van der Waals surface area (Å²) in [6, 6.07) is -1.12. The normalized spacial score (nSPS) is 28.9. The summed E-state index contributed by atoms with van der Waals surface area (Å²) in [6.45, 7) is 4.26. The first kappa shape index (κ1) is 21.3. The van der Waals surface area contributed by atoms with Gasteiger partial charge in [0.1, 0.15) is 12.1 Å². The van der Waals surface area contributed by atoms with Crippen LogP contribution in [0.15, 0.2) is 0 Å². The van der Waals surface area contributed by atoms with Crippen LogP contribution in [0, 0.1) is 0 Å². The summed E-state index contributed by atoms with van der Waals surface area (Å²) in [7, 11) is 0. The van der Waals surface area contributed by atoms with Gasteiger partial charge in [0.05, 0.1) is 6.61 Å². The SMILES string of the molecule is CCCC(=O)OC1C(NC(C)=O)[C@H](O)OC(CO)[C@H]1OC(=O)CCC. The molecular formula is C16H27NO8. The van der Waals surface area contributed by atoms with Gasteiger partial charge in [-0.05, 0) is 12.8 Å². The standard InChI is InChI=1S/C16H27NO8/c1-4-6-11(20)24-14-10(8-18)23-16(22)13(17-9(3)19)15(14)25-12(21)7-5-2/h10,13-16,18,22H,4-8H2,1-3H3,(H,17,19)/t10?,13?,14-,15?,16-/m1/s1. The van der Waals surface area contributed by atoms with Crippen LogP contribution in [0.5, 0.6) is 0 Å². The second-order valence-corrected chi connectivity index (χ2v) is 5.88. The van der Waals surface area contributed by atoms with Gasteiger partial charge in [0.15, 0.2) is 18.5 Å². The number of hydrogen-bond acceptors (Lipinski definition) is 8. The van der Waals surface area contributed by atoms with Crippen molar-refractivity contribution in [2.24, 2.45) is 0 Å². The first-order valence-corrected chi connectivity index (χ1v) is 8.44. The molecule has 0 bridgehead atoms. The third-order valence-corrected chi connectivity index (χ3v) is 3.66. The van der Waals surface area contributed by atoms with E-state index in [0.29, 0.717) is 12.8 Å². The Kier molecular flexibility index (Phi) is 8.81. The van der Waals surface area contributed by atoms with E-state index in [1.54, 1.807) is 13.8 Å². The van der Waals surface area contributed by atoms with Crippen molar-refractivity contribution in [1.29, 1.82) is 0 Å². The molecule has 1 amide bonds. The lowest BCUT2D eigenvalue weighted by atomic mass is 9.96. The summed E-state index contributed by atoms with van der Waals surface area (Å²) < 4.78 is 15.9. The molecule has 1 aliphatic rings. The molecule has 0 aliphatic carbocycles. The minimum atomic E-state index is -1.53. The highest BCUT2D eigenvalue weighted by atomic mass is 16.7. The molecule has 5 atom stereocenters. The quantitative estimate of drug-likeness (QED) is 0.499. The van der Waals surface area contributed by atoms with Crippen LogP contribution in [0.2, 0.25) is 0 Å². The van der Waals surface area contributed by atoms with E-state index in [0.717, 1.165) is 0 Å². The van der Waals surface area contributed by atoms with Crippen molar-refractivity contribution in [3.05, 3.63) is 0 Å². The highest BCUT2D eigenvalue weighted by Gasteiger charge is 2.50. The van der Waals surface area contributed by atoms with Crippen molar-refractivity contribution < 1.29 is 38.8 Å². The number of amides is 1. The van der Waals surface area contributed by atoms with E-state index in [1.807, 2.05) is 0 Å². The first-order chi connectivity index (χ1) is 11.8. The first-order valence-electron chi connectivity index (χ1n) is 8.44. The van der Waals surface area contributed by atoms with Crippen LogP contribution >= 0.6 is 0 Å². The van der Waals surface area contributed by atoms with Crippen LogP contribution in [0.1, 0.15) is 46.5 Å². The van der Waals surface area contributed by atoms with Gasteiger partial charge < -0.3 is 29.7 Å². The summed E-state index contributed by atoms with van der Waals surface area (Å²) in [4.78, 5) is 35.3. The zero-order valence-corrected chi connectivity index (χ0v) is 14.8. The van der Waals surface area contributed by atoms with Gasteiger partial charge in [0.25, 0.3) is 0 Å². The molecule has 25 heavy (non-hydrogen) atoms. The average Bonchev–Trinajstić information content (AvgIpc) is 2.53. The second kappa shape index (κ2) is 10.3. The third-order valence-electron chi connectivity index (χ3n) is 3.66. The Morgan fingerprint density at radius 1 is 1.04 bits per heavy atom. The van der Waals surface area contributed by atoms with E-state index < -0.39 is 55.1 Å². The van der Waals surface area contributed by atoms with Gasteiger partial charge in [-0.25, -0.2) is 0 Å². The highest BCUT2D eigenvalue weighted by molar-refractivity contribution is 5.74. The highest BCUT2D eigenvalue weighted by Crippen LogP contribution is 2.26. The Morgan fingerprint density at radius 3 is 2.00 bits per heavy atom. The van der Waals surface area contributed by atoms with Crippen molar-refractivity contribution in [3.8, 4) is 0 Å². The maximum absolute atomic E-state index is 11.9. The predicted octanol–water partition coefficient (Wildman–Crippen LogP) is -0.376. The van der Waals surface area contributed by atoms with Crippen molar-refractivity contribution in [3.63, 3.8) is 0 Å². The van der Waals surface area contributed by atoms with Crippen molar-refractivity contribution in [2.75, 3.05) is 6.61 Å². The van der Waals surface area contributed by atoms with Gasteiger partial charge >= 0.3 is 11.9 Å². The third kappa shape index (κ3) is 6.26. The molecule has 3 N–H and O–H groups in total. The molecule has 9 heteroatoms. The molecule has 0 aromatic carbocycles. The largest absolute Gasteiger partial charge is 0.456 e. The summed E-state index contributed by atoms with van der Waals surface area (Å²) in [6.07, 6.45) is -3.58. The molecule has 0 aromatic rings. The molecule has 0 aromatic heterocycles. The predicted molar refractivity (Wildman–Crippen MR) is 85.1 cm³/mol. The van der Waals surface area contributed by atoms with Crippen LogP contribution in [-0.2, 0) is 28.6 Å². The lowest BCUT2D eigenvalue weighted by Crippen LogP contribution is -2.66. The smallest absolute Gasteiger partial charge is 0.306 e. The van der Waals surface area contributed by atoms with Gasteiger partial charge in [0, 0.05) is 19.8 Å². The Balaban J connectivity index is 3.08. The lowest BCUT2D eigenvalue weighted by Gasteiger charge is -2.43. The zero-order chi connectivity index (χ0) is 19.0. The summed E-state index contributed by atoms with van der Waals surface area (Å²) in [5.74, 6) is -1.60. The zero-order valence-electron chi connectivity index (χ0n) is 14.8. The van der Waals surface area contributed by atoms with Crippen molar-refractivity contribution in [1.82, 2.24) is 5.32 Å². The summed E-state index contributed by atoms with van der Waals surface area (Å²) >= 11 is 0. The number of aliphatic hydroxyl groups is 2. The van der Waals surface area contributed by atoms with Gasteiger partial charge in [-0.3, -0.25) is 14.4 Å². The van der Waals surface area contributed by atoms with Crippen LogP contribution in [0.25, 0.3) is 0 Å². The molecule has 1 rings (SSSR count). The fourth-order valence-electron chi connectivity index (χ4n) is 2.57. The van der Waals surface area contributed by atoms with Gasteiger partial charge in [-0.1, -0.05) is 13.8 Å². The second-order valence-electron chi connectivity index (χ2n) is 5.88. The Bertz CT molecular complexity index is 469. The molecule has 0 spiro atoms.